The molecule has 53 heavy (non-hydrogen) atoms. The zero-order valence-electron chi connectivity index (χ0n) is 27.6. The van der Waals surface area contributed by atoms with E-state index in [1.165, 1.54) is 41.1 Å². The van der Waals surface area contributed by atoms with Crippen LogP contribution in [0, 0.1) is 13.8 Å². The molecule has 19 heteroatoms. The maximum atomic E-state index is 12.6. The summed E-state index contributed by atoms with van der Waals surface area (Å²) in [7, 11) is -4.34. The molecule has 6 aromatic rings. The second-order valence-corrected chi connectivity index (χ2v) is 12.2. The van der Waals surface area contributed by atoms with E-state index in [-0.39, 0.29) is 61.7 Å². The Bertz CT molecular complexity index is 2570. The van der Waals surface area contributed by atoms with E-state index in [1.54, 1.807) is 50.2 Å². The van der Waals surface area contributed by atoms with Crippen molar-refractivity contribution in [1.82, 2.24) is 19.6 Å². The summed E-state index contributed by atoms with van der Waals surface area (Å²) in [5, 5.41) is 41.5. The number of nitrogens with one attached hydrogen (secondary N) is 2. The van der Waals surface area contributed by atoms with Crippen LogP contribution < -0.4 is 16.2 Å². The fourth-order valence-corrected chi connectivity index (χ4v) is 5.18. The van der Waals surface area contributed by atoms with Crippen LogP contribution in [-0.2, 0) is 27.5 Å². The Balaban J connectivity index is 0.000000235. The Hall–Kier alpha value is -6.52. The number of para-hydroxylation sites is 1. The van der Waals surface area contributed by atoms with Crippen LogP contribution in [0.15, 0.2) is 138 Å². The minimum atomic E-state index is -4.34. The van der Waals surface area contributed by atoms with E-state index >= 15 is 0 Å². The number of aryl methyl sites for hydroxylation is 2. The number of hydrogen-bond donors (Lipinski definition) is 4. The molecule has 0 spiro atoms. The first kappa shape index (κ1) is 39.3. The Morgan fingerprint density at radius 2 is 1.06 bits per heavy atom. The topological polar surface area (TPSA) is 257 Å². The van der Waals surface area contributed by atoms with Gasteiger partial charge < -0.3 is 15.0 Å². The first-order chi connectivity index (χ1) is 24.8. The first-order valence-corrected chi connectivity index (χ1v) is 16.4. The van der Waals surface area contributed by atoms with Crippen LogP contribution in [0.3, 0.4) is 0 Å². The summed E-state index contributed by atoms with van der Waals surface area (Å²) in [5.41, 5.74) is 1.13. The van der Waals surface area contributed by atoms with Gasteiger partial charge in [-0.3, -0.25) is 24.3 Å². The molecule has 0 amide bonds. The maximum absolute atomic E-state index is 12.6. The number of H-pyrrole nitrogens is 2. The van der Waals surface area contributed by atoms with Gasteiger partial charge in [-0.1, -0.05) is 48.5 Å². The number of rotatable bonds is 9. The molecule has 0 aliphatic carbocycles. The molecule has 0 atom stereocenters. The number of carboxylic acids is 2. The van der Waals surface area contributed by atoms with Crippen LogP contribution in [0.5, 0.6) is 0 Å². The van der Waals surface area contributed by atoms with Gasteiger partial charge >= 0.3 is 23.3 Å². The predicted octanol–water partition coefficient (Wildman–Crippen LogP) is 5.08. The molecule has 0 aliphatic heterocycles. The molecule has 4 aromatic carbocycles. The van der Waals surface area contributed by atoms with E-state index in [0.29, 0.717) is 22.8 Å². The molecule has 0 saturated carbocycles. The minimum absolute atomic E-state index is 0. The van der Waals surface area contributed by atoms with Crippen molar-refractivity contribution < 1.29 is 50.1 Å². The summed E-state index contributed by atoms with van der Waals surface area (Å²) in [4.78, 5) is 47.1. The van der Waals surface area contributed by atoms with E-state index in [9.17, 15) is 37.8 Å². The van der Waals surface area contributed by atoms with E-state index in [2.05, 4.69) is 30.7 Å². The van der Waals surface area contributed by atoms with E-state index in [4.69, 9.17) is 4.55 Å². The van der Waals surface area contributed by atoms with Crippen molar-refractivity contribution in [2.45, 2.75) is 18.7 Å². The molecule has 267 valence electrons. The smallest absolute Gasteiger partial charge is 0.545 e. The van der Waals surface area contributed by atoms with Gasteiger partial charge in [0.15, 0.2) is 11.4 Å². The summed E-state index contributed by atoms with van der Waals surface area (Å²) in [6, 6.07) is 26.0. The predicted molar refractivity (Wildman–Crippen MR) is 185 cm³/mol. The number of azo groups is 2. The van der Waals surface area contributed by atoms with Crippen LogP contribution in [-0.4, -0.2) is 49.6 Å². The molecule has 0 bridgehead atoms. The van der Waals surface area contributed by atoms with Crippen LogP contribution in [0.4, 0.5) is 22.7 Å². The van der Waals surface area contributed by atoms with Gasteiger partial charge in [-0.15, -0.1) is 20.5 Å². The van der Waals surface area contributed by atoms with Crippen LogP contribution in [0.2, 0.25) is 0 Å². The van der Waals surface area contributed by atoms with Gasteiger partial charge in [-0.2, -0.15) is 8.42 Å². The zero-order chi connectivity index (χ0) is 37.6. The maximum Gasteiger partial charge on any atom is 3.00 e. The number of carboxylic acid groups (broad SMARTS) is 2. The fourth-order valence-electron chi connectivity index (χ4n) is 4.70. The SMILES string of the molecule is Cc1[nH]n(-c2ccc(S(=O)(=O)O)cc2)c(=O)c1N=Nc1ccccc1C(=O)O.Cc1[nH]n(-c2ccccc2)c(=O)c1N=Nc1ccccc1C(=O)[O-].[Cr+3]. The third kappa shape index (κ3) is 9.05. The third-order valence-corrected chi connectivity index (χ3v) is 8.13. The molecule has 0 unspecified atom stereocenters. The largest absolute Gasteiger partial charge is 3.00 e. The fraction of sp³-hybridized carbons (Fsp3) is 0.0588. The Labute approximate surface area is 310 Å². The number of aromatic carboxylic acids is 2. The van der Waals surface area contributed by atoms with Crippen molar-refractivity contribution in [2.75, 3.05) is 0 Å². The van der Waals surface area contributed by atoms with Crippen molar-refractivity contribution in [3.8, 4) is 11.4 Å². The molecule has 2 aromatic heterocycles. The van der Waals surface area contributed by atoms with Crippen molar-refractivity contribution in [3.63, 3.8) is 0 Å². The second-order valence-electron chi connectivity index (χ2n) is 10.8. The molecule has 0 saturated heterocycles. The Kier molecular flexibility index (Phi) is 12.3. The number of carbonyl (C=O) groups is 2. The number of nitrogens with zero attached hydrogens (tertiary/aromatic N) is 6. The van der Waals surface area contributed by atoms with Crippen LogP contribution in [0.25, 0.3) is 11.4 Å². The molecule has 2 heterocycles. The van der Waals surface area contributed by atoms with E-state index in [0.717, 1.165) is 16.8 Å². The number of aromatic nitrogens is 4. The summed E-state index contributed by atoms with van der Waals surface area (Å²) < 4.78 is 33.7. The van der Waals surface area contributed by atoms with Crippen molar-refractivity contribution >= 4 is 44.8 Å². The molecule has 0 fully saturated rings. The van der Waals surface area contributed by atoms with Gasteiger partial charge in [0.2, 0.25) is 0 Å². The molecular weight excluding hydrogens is 748 g/mol. The normalized spacial score (nSPS) is 11.2. The van der Waals surface area contributed by atoms with Crippen molar-refractivity contribution in [2.24, 2.45) is 20.5 Å². The quantitative estimate of drug-likeness (QED) is 0.113. The van der Waals surface area contributed by atoms with Gasteiger partial charge in [0.05, 0.1) is 44.9 Å². The minimum Gasteiger partial charge on any atom is -0.545 e. The van der Waals surface area contributed by atoms with Gasteiger partial charge in [-0.05, 0) is 68.4 Å². The molecule has 4 N–H and O–H groups in total. The number of hydrogen-bond acceptors (Lipinski definition) is 11. The van der Waals surface area contributed by atoms with Crippen molar-refractivity contribution in [1.29, 1.82) is 0 Å². The Morgan fingerprint density at radius 1 is 0.642 bits per heavy atom. The average molecular weight is 776 g/mol. The molecule has 1 radical (unpaired) electrons. The number of carbonyl (C=O) groups excluding carboxylic acids is 1. The molecule has 0 aliphatic rings. The molecular formula is C34H27CrN8O9S+2. The number of benzene rings is 4. The summed E-state index contributed by atoms with van der Waals surface area (Å²) in [6.07, 6.45) is 0. The first-order valence-electron chi connectivity index (χ1n) is 15.0. The van der Waals surface area contributed by atoms with Crippen LogP contribution in [0.1, 0.15) is 32.1 Å². The molecule has 17 nitrogen and oxygen atoms in total. The standard InChI is InChI=1S/C17H14N4O6S.C17H14N4O3.Cr/c1-10-15(19-18-14-5-3-2-4-13(14)17(23)24)16(22)21(20-10)11-6-8-12(9-7-11)28(25,26)27;1-11-15(16(22)21(20-11)12-7-3-2-4-8-12)19-18-14-10-6-5-9-13(14)17(23)24;/h2-9,20H,1H3,(H,23,24)(H,25,26,27);2-10,20H,1H3,(H,23,24);/q;;+3/p-1. The zero-order valence-corrected chi connectivity index (χ0v) is 29.7. The average Bonchev–Trinajstić information content (AvgIpc) is 3.58. The summed E-state index contributed by atoms with van der Waals surface area (Å²) >= 11 is 0. The third-order valence-electron chi connectivity index (χ3n) is 7.26. The number of aromatic amines is 2. The van der Waals surface area contributed by atoms with E-state index < -0.39 is 27.6 Å². The Morgan fingerprint density at radius 3 is 1.51 bits per heavy atom. The second kappa shape index (κ2) is 16.7. The van der Waals surface area contributed by atoms with Crippen molar-refractivity contribution in [3.05, 3.63) is 146 Å². The van der Waals surface area contributed by atoms with Gasteiger partial charge in [0.25, 0.3) is 21.2 Å². The van der Waals surface area contributed by atoms with Gasteiger partial charge in [0, 0.05) is 5.56 Å². The summed E-state index contributed by atoms with van der Waals surface area (Å²) in [6.45, 7) is 3.28. The monoisotopic (exact) mass is 775 g/mol. The van der Waals surface area contributed by atoms with E-state index in [1.807, 2.05) is 18.2 Å². The molecule has 6 rings (SSSR count). The summed E-state index contributed by atoms with van der Waals surface area (Å²) in [5.74, 6) is -2.52. The van der Waals surface area contributed by atoms with Gasteiger partial charge in [0.1, 0.15) is 5.69 Å². The van der Waals surface area contributed by atoms with Crippen LogP contribution >= 0.6 is 0 Å². The van der Waals surface area contributed by atoms with Gasteiger partial charge in [-0.25, -0.2) is 14.2 Å².